The van der Waals surface area contributed by atoms with E-state index in [1.54, 1.807) is 30.3 Å². The molecule has 0 atom stereocenters. The summed E-state index contributed by atoms with van der Waals surface area (Å²) in [7, 11) is 0. The molecular formula is C22H22ClN5O5. The molecule has 33 heavy (non-hydrogen) atoms. The Morgan fingerprint density at radius 1 is 1.15 bits per heavy atom. The number of halogens is 1. The third-order valence-electron chi connectivity index (χ3n) is 5.28. The lowest BCUT2D eigenvalue weighted by molar-refractivity contribution is -0.143. The Bertz CT molecular complexity index is 1160. The van der Waals surface area contributed by atoms with Gasteiger partial charge in [0.1, 0.15) is 6.10 Å². The minimum absolute atomic E-state index is 0.0538. The molecule has 2 heterocycles. The van der Waals surface area contributed by atoms with E-state index in [4.69, 9.17) is 25.9 Å². The lowest BCUT2D eigenvalue weighted by Gasteiger charge is -2.26. The number of carbonyl (C=O) groups is 2. The zero-order valence-electron chi connectivity index (χ0n) is 17.7. The van der Waals surface area contributed by atoms with Crippen LogP contribution >= 0.6 is 11.6 Å². The van der Waals surface area contributed by atoms with Gasteiger partial charge in [-0.1, -0.05) is 22.8 Å². The van der Waals surface area contributed by atoms with E-state index in [2.05, 4.69) is 25.8 Å². The molecule has 3 N–H and O–H groups in total. The second-order valence-corrected chi connectivity index (χ2v) is 8.21. The summed E-state index contributed by atoms with van der Waals surface area (Å²) in [6, 6.07) is 8.73. The molecule has 4 rings (SSSR count). The number of hydrogen-bond acceptors (Lipinski definition) is 8. The second kappa shape index (κ2) is 9.86. The van der Waals surface area contributed by atoms with Gasteiger partial charge in [-0.05, 0) is 56.9 Å². The first-order valence-corrected chi connectivity index (χ1v) is 10.8. The van der Waals surface area contributed by atoms with Gasteiger partial charge in [-0.3, -0.25) is 9.59 Å². The smallest absolute Gasteiger partial charge is 0.320 e. The number of aryl methyl sites for hydroxylation is 1. The van der Waals surface area contributed by atoms with Crippen LogP contribution in [0.25, 0.3) is 0 Å². The maximum Gasteiger partial charge on any atom is 0.320 e. The highest BCUT2D eigenvalue weighted by atomic mass is 35.5. The summed E-state index contributed by atoms with van der Waals surface area (Å²) < 4.78 is 11.3. The molecular weight excluding hydrogens is 450 g/mol. The average molecular weight is 472 g/mol. The van der Waals surface area contributed by atoms with Crippen molar-refractivity contribution >= 4 is 40.9 Å². The van der Waals surface area contributed by atoms with E-state index in [1.807, 2.05) is 6.92 Å². The van der Waals surface area contributed by atoms with E-state index in [0.29, 0.717) is 48.0 Å². The molecule has 3 aromatic rings. The molecule has 1 aromatic carbocycles. The zero-order valence-corrected chi connectivity index (χ0v) is 18.5. The molecule has 11 heteroatoms. The van der Waals surface area contributed by atoms with Crippen LogP contribution in [0.15, 0.2) is 40.9 Å². The summed E-state index contributed by atoms with van der Waals surface area (Å²) in [6.45, 7) is 1.82. The number of aliphatic carboxylic acids is 1. The highest BCUT2D eigenvalue weighted by Gasteiger charge is 2.27. The molecule has 0 radical (unpaired) electrons. The normalized spacial score (nSPS) is 17.9. The Hall–Kier alpha value is -3.66. The summed E-state index contributed by atoms with van der Waals surface area (Å²) in [5, 5.41) is 22.8. The number of nitrogens with one attached hydrogen (secondary N) is 2. The van der Waals surface area contributed by atoms with Crippen LogP contribution in [0.3, 0.4) is 0 Å². The van der Waals surface area contributed by atoms with Crippen LogP contribution in [0, 0.1) is 12.8 Å². The standard InChI is InChI=1S/C22H22ClN5O5/c1-12-9-16(11-24-19(12)32-17-7-5-13(6-8-17)21(30)31)25-18(29)20-27-28-22(33-20)26-15-4-2-3-14(23)10-15/h2-4,9-11,13,17H,5-8H2,1H3,(H,25,29)(H,26,28)(H,30,31)/t13-,17-. The SMILES string of the molecule is Cc1cc(NC(=O)c2nnc(Nc3cccc(Cl)c3)o2)cnc1O[C@H]1CC[C@H](C(=O)O)CC1. The van der Waals surface area contributed by atoms with Crippen molar-refractivity contribution in [1.82, 2.24) is 15.2 Å². The monoisotopic (exact) mass is 471 g/mol. The molecule has 172 valence electrons. The number of amides is 1. The molecule has 1 aliphatic carbocycles. The molecule has 0 bridgehead atoms. The molecule has 0 spiro atoms. The summed E-state index contributed by atoms with van der Waals surface area (Å²) in [5.41, 5.74) is 1.83. The third-order valence-corrected chi connectivity index (χ3v) is 5.52. The van der Waals surface area contributed by atoms with Crippen molar-refractivity contribution in [2.75, 3.05) is 10.6 Å². The maximum atomic E-state index is 12.5. The molecule has 10 nitrogen and oxygen atoms in total. The van der Waals surface area contributed by atoms with E-state index in [9.17, 15) is 9.59 Å². The number of nitrogens with zero attached hydrogens (tertiary/aromatic N) is 3. The van der Waals surface area contributed by atoms with Gasteiger partial charge in [0.15, 0.2) is 0 Å². The second-order valence-electron chi connectivity index (χ2n) is 7.78. The number of ether oxygens (including phenoxy) is 1. The molecule has 0 aliphatic heterocycles. The largest absolute Gasteiger partial charge is 0.481 e. The van der Waals surface area contributed by atoms with E-state index in [-0.39, 0.29) is 23.9 Å². The van der Waals surface area contributed by atoms with Gasteiger partial charge in [0, 0.05) is 16.3 Å². The van der Waals surface area contributed by atoms with Gasteiger partial charge in [0.2, 0.25) is 5.88 Å². The van der Waals surface area contributed by atoms with Crippen molar-refractivity contribution in [3.63, 3.8) is 0 Å². The molecule has 1 amide bonds. The number of pyridine rings is 1. The third kappa shape index (κ3) is 5.78. The van der Waals surface area contributed by atoms with E-state index in [1.165, 1.54) is 6.20 Å². The van der Waals surface area contributed by atoms with Gasteiger partial charge in [0.25, 0.3) is 0 Å². The average Bonchev–Trinajstić information content (AvgIpc) is 3.25. The molecule has 0 saturated heterocycles. The molecule has 1 fully saturated rings. The number of rotatable bonds is 7. The number of benzene rings is 1. The van der Waals surface area contributed by atoms with Gasteiger partial charge in [0.05, 0.1) is 17.8 Å². The molecule has 1 aliphatic rings. The van der Waals surface area contributed by atoms with E-state index < -0.39 is 11.9 Å². The van der Waals surface area contributed by atoms with Crippen LogP contribution in [0.1, 0.15) is 41.9 Å². The molecule has 0 unspecified atom stereocenters. The predicted molar refractivity (Wildman–Crippen MR) is 120 cm³/mol. The molecule has 1 saturated carbocycles. The number of carboxylic acids is 1. The first-order chi connectivity index (χ1) is 15.9. The van der Waals surface area contributed by atoms with E-state index in [0.717, 1.165) is 5.56 Å². The van der Waals surface area contributed by atoms with Crippen LogP contribution in [-0.2, 0) is 4.79 Å². The fourth-order valence-corrected chi connectivity index (χ4v) is 3.77. The van der Waals surface area contributed by atoms with Gasteiger partial charge in [-0.2, -0.15) is 0 Å². The summed E-state index contributed by atoms with van der Waals surface area (Å²) in [6.07, 6.45) is 3.91. The summed E-state index contributed by atoms with van der Waals surface area (Å²) in [4.78, 5) is 27.9. The van der Waals surface area contributed by atoms with Gasteiger partial charge in [-0.15, -0.1) is 5.10 Å². The van der Waals surface area contributed by atoms with Crippen molar-refractivity contribution in [3.8, 4) is 5.88 Å². The Kier molecular flexibility index (Phi) is 6.74. The van der Waals surface area contributed by atoms with Gasteiger partial charge in [-0.25, -0.2) is 4.98 Å². The van der Waals surface area contributed by atoms with Crippen molar-refractivity contribution in [1.29, 1.82) is 0 Å². The minimum Gasteiger partial charge on any atom is -0.481 e. The number of aromatic nitrogens is 3. The predicted octanol–water partition coefficient (Wildman–Crippen LogP) is 4.44. The van der Waals surface area contributed by atoms with Gasteiger partial charge >= 0.3 is 23.8 Å². The fourth-order valence-electron chi connectivity index (χ4n) is 3.58. The van der Waals surface area contributed by atoms with Crippen molar-refractivity contribution in [2.45, 2.75) is 38.7 Å². The zero-order chi connectivity index (χ0) is 23.4. The first kappa shape index (κ1) is 22.5. The minimum atomic E-state index is -0.753. The van der Waals surface area contributed by atoms with E-state index >= 15 is 0 Å². The Morgan fingerprint density at radius 2 is 1.94 bits per heavy atom. The summed E-state index contributed by atoms with van der Waals surface area (Å²) >= 11 is 5.95. The maximum absolute atomic E-state index is 12.5. The van der Waals surface area contributed by atoms with Crippen molar-refractivity contribution < 1.29 is 23.8 Å². The van der Waals surface area contributed by atoms with Gasteiger partial charge < -0.3 is 24.9 Å². The highest BCUT2D eigenvalue weighted by Crippen LogP contribution is 2.29. The number of hydrogen-bond donors (Lipinski definition) is 3. The van der Waals surface area contributed by atoms with Crippen LogP contribution < -0.4 is 15.4 Å². The molecule has 2 aromatic heterocycles. The number of carbonyl (C=O) groups excluding carboxylic acids is 1. The first-order valence-electron chi connectivity index (χ1n) is 10.4. The number of anilines is 3. The van der Waals surface area contributed by atoms with Crippen LogP contribution in [0.5, 0.6) is 5.88 Å². The highest BCUT2D eigenvalue weighted by molar-refractivity contribution is 6.30. The lowest BCUT2D eigenvalue weighted by atomic mass is 9.87. The Morgan fingerprint density at radius 3 is 2.64 bits per heavy atom. The Labute approximate surface area is 194 Å². The van der Waals surface area contributed by atoms with Crippen molar-refractivity contribution in [3.05, 3.63) is 53.0 Å². The number of carboxylic acid groups (broad SMARTS) is 1. The van der Waals surface area contributed by atoms with Crippen LogP contribution in [0.4, 0.5) is 17.4 Å². The van der Waals surface area contributed by atoms with Crippen molar-refractivity contribution in [2.24, 2.45) is 5.92 Å². The summed E-state index contributed by atoms with van der Waals surface area (Å²) in [5.74, 6) is -1.40. The van der Waals surface area contributed by atoms with Crippen LogP contribution in [0.2, 0.25) is 5.02 Å². The fraction of sp³-hybridized carbons (Fsp3) is 0.318. The Balaban J connectivity index is 1.34. The van der Waals surface area contributed by atoms with Crippen LogP contribution in [-0.4, -0.2) is 38.3 Å². The topological polar surface area (TPSA) is 139 Å². The quantitative estimate of drug-likeness (QED) is 0.456. The lowest BCUT2D eigenvalue weighted by Crippen LogP contribution is -2.28.